The molecule has 0 aromatic rings. The summed E-state index contributed by atoms with van der Waals surface area (Å²) in [5, 5.41) is 0. The fourth-order valence-corrected chi connectivity index (χ4v) is 1.76. The van der Waals surface area contributed by atoms with E-state index in [9.17, 15) is 4.79 Å². The minimum absolute atomic E-state index is 0.215. The fraction of sp³-hybridized carbons (Fsp3) is 0.923. The van der Waals surface area contributed by atoms with Crippen molar-refractivity contribution in [1.82, 2.24) is 4.90 Å². The van der Waals surface area contributed by atoms with E-state index in [-0.39, 0.29) is 12.0 Å². The molecule has 0 bridgehead atoms. The Morgan fingerprint density at radius 2 is 1.94 bits per heavy atom. The second kappa shape index (κ2) is 6.24. The summed E-state index contributed by atoms with van der Waals surface area (Å²) < 4.78 is 5.42. The van der Waals surface area contributed by atoms with Gasteiger partial charge in [0.15, 0.2) is 0 Å². The highest BCUT2D eigenvalue weighted by molar-refractivity contribution is 5.77. The molecule has 1 amide bonds. The van der Waals surface area contributed by atoms with Crippen molar-refractivity contribution in [3.63, 3.8) is 0 Å². The zero-order valence-electron chi connectivity index (χ0n) is 11.0. The molecule has 0 radical (unpaired) electrons. The molecule has 0 atom stereocenters. The molecule has 0 aromatic heterocycles. The van der Waals surface area contributed by atoms with E-state index in [1.807, 2.05) is 18.7 Å². The molecule has 3 nitrogen and oxygen atoms in total. The molecule has 0 N–H and O–H groups in total. The third-order valence-electron chi connectivity index (χ3n) is 2.64. The van der Waals surface area contributed by atoms with Crippen molar-refractivity contribution < 1.29 is 9.53 Å². The lowest BCUT2D eigenvalue weighted by Gasteiger charge is -2.24. The SMILES string of the molecule is CC(C)CN(C(=O)CCOC(C)C)C1CC1. The summed E-state index contributed by atoms with van der Waals surface area (Å²) >= 11 is 0. The number of rotatable bonds is 7. The highest BCUT2D eigenvalue weighted by Crippen LogP contribution is 2.28. The molecule has 1 fully saturated rings. The van der Waals surface area contributed by atoms with Gasteiger partial charge < -0.3 is 9.64 Å². The Hall–Kier alpha value is -0.570. The number of hydrogen-bond donors (Lipinski definition) is 0. The third-order valence-corrected chi connectivity index (χ3v) is 2.64. The molecule has 0 aromatic carbocycles. The zero-order chi connectivity index (χ0) is 12.1. The lowest BCUT2D eigenvalue weighted by molar-refractivity contribution is -0.133. The Bertz CT molecular complexity index is 222. The van der Waals surface area contributed by atoms with E-state index in [1.165, 1.54) is 12.8 Å². The second-order valence-electron chi connectivity index (χ2n) is 5.34. The lowest BCUT2D eigenvalue weighted by Crippen LogP contribution is -2.36. The molecule has 0 saturated heterocycles. The van der Waals surface area contributed by atoms with E-state index in [0.29, 0.717) is 25.0 Å². The number of carbonyl (C=O) groups excluding carboxylic acids is 1. The van der Waals surface area contributed by atoms with Gasteiger partial charge >= 0.3 is 0 Å². The maximum absolute atomic E-state index is 12.0. The first-order valence-corrected chi connectivity index (χ1v) is 6.41. The summed E-state index contributed by atoms with van der Waals surface area (Å²) in [5.41, 5.74) is 0. The minimum Gasteiger partial charge on any atom is -0.378 e. The predicted molar refractivity (Wildman–Crippen MR) is 65.3 cm³/mol. The molecule has 3 heteroatoms. The van der Waals surface area contributed by atoms with Crippen LogP contribution in [0.15, 0.2) is 0 Å². The predicted octanol–water partition coefficient (Wildman–Crippen LogP) is 2.45. The Kier molecular flexibility index (Phi) is 5.26. The van der Waals surface area contributed by atoms with Crippen LogP contribution in [0.25, 0.3) is 0 Å². The summed E-state index contributed by atoms with van der Waals surface area (Å²) in [5.74, 6) is 0.812. The quantitative estimate of drug-likeness (QED) is 0.668. The first-order chi connectivity index (χ1) is 7.50. The molecule has 1 saturated carbocycles. The standard InChI is InChI=1S/C13H25NO2/c1-10(2)9-14(12-5-6-12)13(15)7-8-16-11(3)4/h10-12H,5-9H2,1-4H3. The van der Waals surface area contributed by atoms with Gasteiger partial charge in [-0.2, -0.15) is 0 Å². The van der Waals surface area contributed by atoms with Gasteiger partial charge in [-0.15, -0.1) is 0 Å². The highest BCUT2D eigenvalue weighted by atomic mass is 16.5. The Balaban J connectivity index is 2.30. The van der Waals surface area contributed by atoms with Gasteiger partial charge in [0.2, 0.25) is 5.91 Å². The van der Waals surface area contributed by atoms with Gasteiger partial charge in [0.1, 0.15) is 0 Å². The molecule has 94 valence electrons. The van der Waals surface area contributed by atoms with Crippen LogP contribution in [-0.4, -0.2) is 36.1 Å². The first-order valence-electron chi connectivity index (χ1n) is 6.41. The van der Waals surface area contributed by atoms with Crippen LogP contribution in [0, 0.1) is 5.92 Å². The minimum atomic E-state index is 0.215. The number of hydrogen-bond acceptors (Lipinski definition) is 2. The summed E-state index contributed by atoms with van der Waals surface area (Å²) in [7, 11) is 0. The second-order valence-corrected chi connectivity index (χ2v) is 5.34. The summed E-state index contributed by atoms with van der Waals surface area (Å²) in [6.45, 7) is 9.76. The molecule has 0 aliphatic heterocycles. The maximum Gasteiger partial charge on any atom is 0.225 e. The van der Waals surface area contributed by atoms with Gasteiger partial charge in [-0.05, 0) is 32.6 Å². The first kappa shape index (κ1) is 13.5. The topological polar surface area (TPSA) is 29.5 Å². The van der Waals surface area contributed by atoms with Crippen molar-refractivity contribution in [2.24, 2.45) is 5.92 Å². The third kappa shape index (κ3) is 4.97. The van der Waals surface area contributed by atoms with Gasteiger partial charge in [0.25, 0.3) is 0 Å². The van der Waals surface area contributed by atoms with Crippen LogP contribution in [0.2, 0.25) is 0 Å². The molecule has 0 spiro atoms. The number of amides is 1. The Morgan fingerprint density at radius 3 is 2.38 bits per heavy atom. The molecular weight excluding hydrogens is 202 g/mol. The Morgan fingerprint density at radius 1 is 1.31 bits per heavy atom. The van der Waals surface area contributed by atoms with Gasteiger partial charge in [0.05, 0.1) is 19.1 Å². The number of ether oxygens (including phenoxy) is 1. The van der Waals surface area contributed by atoms with Crippen molar-refractivity contribution >= 4 is 5.91 Å². The fourth-order valence-electron chi connectivity index (χ4n) is 1.76. The van der Waals surface area contributed by atoms with Crippen LogP contribution in [0.4, 0.5) is 0 Å². The van der Waals surface area contributed by atoms with Crippen LogP contribution in [0.1, 0.15) is 47.0 Å². The van der Waals surface area contributed by atoms with E-state index < -0.39 is 0 Å². The monoisotopic (exact) mass is 227 g/mol. The lowest BCUT2D eigenvalue weighted by atomic mass is 10.2. The van der Waals surface area contributed by atoms with Crippen LogP contribution >= 0.6 is 0 Å². The maximum atomic E-state index is 12.0. The van der Waals surface area contributed by atoms with Crippen LogP contribution in [-0.2, 0) is 9.53 Å². The molecule has 1 rings (SSSR count). The molecule has 1 aliphatic carbocycles. The summed E-state index contributed by atoms with van der Waals surface area (Å²) in [6.07, 6.45) is 3.11. The van der Waals surface area contributed by atoms with Gasteiger partial charge in [-0.1, -0.05) is 13.8 Å². The van der Waals surface area contributed by atoms with E-state index in [1.54, 1.807) is 0 Å². The summed E-state index contributed by atoms with van der Waals surface area (Å²) in [6, 6.07) is 0.522. The van der Waals surface area contributed by atoms with Crippen molar-refractivity contribution in [1.29, 1.82) is 0 Å². The number of carbonyl (C=O) groups is 1. The average Bonchev–Trinajstić information content (AvgIpc) is 2.96. The average molecular weight is 227 g/mol. The van der Waals surface area contributed by atoms with E-state index >= 15 is 0 Å². The smallest absolute Gasteiger partial charge is 0.225 e. The van der Waals surface area contributed by atoms with Crippen LogP contribution < -0.4 is 0 Å². The highest BCUT2D eigenvalue weighted by Gasteiger charge is 2.32. The van der Waals surface area contributed by atoms with E-state index in [2.05, 4.69) is 13.8 Å². The molecule has 1 aliphatic rings. The van der Waals surface area contributed by atoms with Crippen LogP contribution in [0.3, 0.4) is 0 Å². The molecule has 0 heterocycles. The molecule has 16 heavy (non-hydrogen) atoms. The molecule has 0 unspecified atom stereocenters. The molecular formula is C13H25NO2. The Labute approximate surface area is 99.1 Å². The van der Waals surface area contributed by atoms with Gasteiger partial charge in [0, 0.05) is 12.6 Å². The summed E-state index contributed by atoms with van der Waals surface area (Å²) in [4.78, 5) is 14.0. The largest absolute Gasteiger partial charge is 0.378 e. The van der Waals surface area contributed by atoms with Crippen molar-refractivity contribution in [2.75, 3.05) is 13.2 Å². The number of nitrogens with zero attached hydrogens (tertiary/aromatic N) is 1. The van der Waals surface area contributed by atoms with E-state index in [4.69, 9.17) is 4.74 Å². The van der Waals surface area contributed by atoms with Crippen molar-refractivity contribution in [3.05, 3.63) is 0 Å². The van der Waals surface area contributed by atoms with E-state index in [0.717, 1.165) is 6.54 Å². The normalized spacial score (nSPS) is 15.9. The zero-order valence-corrected chi connectivity index (χ0v) is 11.0. The van der Waals surface area contributed by atoms with Crippen molar-refractivity contribution in [3.8, 4) is 0 Å². The van der Waals surface area contributed by atoms with Crippen LogP contribution in [0.5, 0.6) is 0 Å². The van der Waals surface area contributed by atoms with Crippen molar-refractivity contribution in [2.45, 2.75) is 59.1 Å². The van der Waals surface area contributed by atoms with Gasteiger partial charge in [-0.25, -0.2) is 0 Å². The van der Waals surface area contributed by atoms with Gasteiger partial charge in [-0.3, -0.25) is 4.79 Å².